The number of pyridine rings is 1. The van der Waals surface area contributed by atoms with E-state index in [0.717, 1.165) is 51.9 Å². The van der Waals surface area contributed by atoms with Gasteiger partial charge in [-0.15, -0.1) is 0 Å². The number of aliphatic imine (C=N–C) groups is 1. The summed E-state index contributed by atoms with van der Waals surface area (Å²) in [5.41, 5.74) is 7.06. The molecule has 152 valence electrons. The number of aromatic nitrogens is 1. The Morgan fingerprint density at radius 2 is 1.63 bits per heavy atom. The van der Waals surface area contributed by atoms with Gasteiger partial charge in [0.25, 0.3) is 0 Å². The van der Waals surface area contributed by atoms with Crippen LogP contribution in [0, 0.1) is 0 Å². The number of ether oxygens (including phenoxy) is 1. The van der Waals surface area contributed by atoms with Crippen LogP contribution in [0.4, 0.5) is 0 Å². The topological polar surface area (TPSA) is 54.7 Å². The fourth-order valence-electron chi connectivity index (χ4n) is 4.68. The molecule has 0 bridgehead atoms. The highest BCUT2D eigenvalue weighted by molar-refractivity contribution is 6.16. The summed E-state index contributed by atoms with van der Waals surface area (Å²) >= 11 is 0. The van der Waals surface area contributed by atoms with E-state index in [9.17, 15) is 5.11 Å². The molecule has 2 aliphatic heterocycles. The minimum absolute atomic E-state index is 0.233. The van der Waals surface area contributed by atoms with Gasteiger partial charge < -0.3 is 9.84 Å². The normalized spacial score (nSPS) is 18.2. The monoisotopic (exact) mass is 398 g/mol. The third-order valence-electron chi connectivity index (χ3n) is 5.85. The van der Waals surface area contributed by atoms with E-state index in [1.807, 2.05) is 30.6 Å². The molecule has 0 aliphatic carbocycles. The molecule has 0 spiro atoms. The maximum absolute atomic E-state index is 10.7. The third kappa shape index (κ3) is 3.17. The van der Waals surface area contributed by atoms with E-state index >= 15 is 0 Å². The number of hydrogen-bond acceptors (Lipinski definition) is 4. The summed E-state index contributed by atoms with van der Waals surface area (Å²) in [7, 11) is 0. The molecule has 0 amide bonds. The van der Waals surface area contributed by atoms with Crippen LogP contribution in [0.3, 0.4) is 0 Å². The lowest BCUT2D eigenvalue weighted by atomic mass is 9.80. The van der Waals surface area contributed by atoms with Crippen LogP contribution in [0.2, 0.25) is 0 Å². The lowest BCUT2D eigenvalue weighted by Crippen LogP contribution is -2.30. The molecule has 3 aromatic rings. The summed E-state index contributed by atoms with van der Waals surface area (Å²) in [4.78, 5) is 9.31. The molecule has 0 radical (unpaired) electrons. The molecule has 3 heterocycles. The van der Waals surface area contributed by atoms with Crippen LogP contribution >= 0.6 is 0 Å². The van der Waals surface area contributed by atoms with Crippen LogP contribution in [0.1, 0.15) is 49.9 Å². The van der Waals surface area contributed by atoms with Crippen molar-refractivity contribution in [2.75, 3.05) is 0 Å². The molecule has 0 unspecified atom stereocenters. The van der Waals surface area contributed by atoms with Crippen molar-refractivity contribution in [2.45, 2.75) is 51.7 Å². The van der Waals surface area contributed by atoms with Crippen molar-refractivity contribution in [3.05, 3.63) is 77.1 Å². The molecule has 4 heteroatoms. The Morgan fingerprint density at radius 3 is 2.40 bits per heavy atom. The van der Waals surface area contributed by atoms with Crippen LogP contribution in [-0.2, 0) is 12.8 Å². The first-order chi connectivity index (χ1) is 14.2. The maximum atomic E-state index is 10.7. The number of phenols is 1. The molecule has 2 aliphatic rings. The number of rotatable bonds is 2. The van der Waals surface area contributed by atoms with E-state index in [4.69, 9.17) is 9.73 Å². The highest BCUT2D eigenvalue weighted by Gasteiger charge is 2.39. The number of nitrogens with zero attached hydrogens (tertiary/aromatic N) is 2. The second kappa shape index (κ2) is 6.43. The van der Waals surface area contributed by atoms with E-state index in [0.29, 0.717) is 5.75 Å². The van der Waals surface area contributed by atoms with E-state index in [1.165, 1.54) is 0 Å². The second-order valence-electron chi connectivity index (χ2n) is 9.54. The quantitative estimate of drug-likeness (QED) is 0.634. The maximum Gasteiger partial charge on any atom is 0.165 e. The van der Waals surface area contributed by atoms with E-state index in [2.05, 4.69) is 56.9 Å². The van der Waals surface area contributed by atoms with Crippen molar-refractivity contribution in [1.82, 2.24) is 4.98 Å². The Balaban J connectivity index is 1.71. The van der Waals surface area contributed by atoms with Gasteiger partial charge >= 0.3 is 0 Å². The SMILES string of the molecule is CC1(C)Cc2cc(O)c3c(c2C(c2cccc(-c4ccncc4)c2)=N1)CC(C)(C)O3. The lowest BCUT2D eigenvalue weighted by Gasteiger charge is -2.31. The van der Waals surface area contributed by atoms with Gasteiger partial charge in [-0.25, -0.2) is 0 Å². The average Bonchev–Trinajstić information content (AvgIpc) is 3.03. The summed E-state index contributed by atoms with van der Waals surface area (Å²) in [5.74, 6) is 0.841. The first-order valence-corrected chi connectivity index (χ1v) is 10.4. The van der Waals surface area contributed by atoms with Gasteiger partial charge in [0, 0.05) is 35.5 Å². The van der Waals surface area contributed by atoms with Crippen molar-refractivity contribution in [1.29, 1.82) is 0 Å². The molecule has 1 aromatic heterocycles. The number of benzene rings is 2. The average molecular weight is 399 g/mol. The molecule has 0 atom stereocenters. The zero-order valence-corrected chi connectivity index (χ0v) is 17.9. The van der Waals surface area contributed by atoms with Crippen LogP contribution in [0.5, 0.6) is 11.5 Å². The lowest BCUT2D eigenvalue weighted by molar-refractivity contribution is 0.134. The van der Waals surface area contributed by atoms with Gasteiger partial charge in [-0.05, 0) is 75.1 Å². The number of aromatic hydroxyl groups is 1. The smallest absolute Gasteiger partial charge is 0.165 e. The Kier molecular flexibility index (Phi) is 4.04. The van der Waals surface area contributed by atoms with Crippen molar-refractivity contribution in [2.24, 2.45) is 4.99 Å². The molecular formula is C26H26N2O2. The first kappa shape index (κ1) is 18.9. The van der Waals surface area contributed by atoms with Crippen molar-refractivity contribution >= 4 is 5.71 Å². The minimum atomic E-state index is -0.341. The molecule has 4 nitrogen and oxygen atoms in total. The third-order valence-corrected chi connectivity index (χ3v) is 5.85. The number of phenolic OH excluding ortho intramolecular Hbond substituents is 1. The predicted molar refractivity (Wildman–Crippen MR) is 120 cm³/mol. The van der Waals surface area contributed by atoms with Gasteiger partial charge in [0.15, 0.2) is 11.5 Å². The molecule has 2 aromatic carbocycles. The Labute approximate surface area is 177 Å². The van der Waals surface area contributed by atoms with Gasteiger partial charge in [0.2, 0.25) is 0 Å². The molecule has 0 saturated carbocycles. The summed E-state index contributed by atoms with van der Waals surface area (Å²) in [6, 6.07) is 14.4. The molecule has 0 fully saturated rings. The van der Waals surface area contributed by atoms with Crippen LogP contribution < -0.4 is 4.74 Å². The molecule has 5 rings (SSSR count). The van der Waals surface area contributed by atoms with Crippen LogP contribution in [0.25, 0.3) is 11.1 Å². The standard InChI is InChI=1S/C26H26N2O2/c1-25(2)14-19-13-21(29)24-20(15-26(3,4)30-24)22(19)23(28-25)18-7-5-6-17(12-18)16-8-10-27-11-9-16/h5-13,29H,14-15H2,1-4H3. The van der Waals surface area contributed by atoms with Crippen LogP contribution in [0.15, 0.2) is 59.9 Å². The minimum Gasteiger partial charge on any atom is -0.504 e. The highest BCUT2D eigenvalue weighted by atomic mass is 16.5. The predicted octanol–water partition coefficient (Wildman–Crippen LogP) is 5.34. The number of fused-ring (bicyclic) bond motifs is 3. The zero-order valence-electron chi connectivity index (χ0n) is 17.9. The Bertz CT molecular complexity index is 1180. The van der Waals surface area contributed by atoms with Gasteiger partial charge in [0.1, 0.15) is 5.60 Å². The molecule has 1 N–H and O–H groups in total. The largest absolute Gasteiger partial charge is 0.504 e. The first-order valence-electron chi connectivity index (χ1n) is 10.4. The summed E-state index contributed by atoms with van der Waals surface area (Å²) in [6.45, 7) is 8.42. The summed E-state index contributed by atoms with van der Waals surface area (Å²) in [6.07, 6.45) is 5.17. The van der Waals surface area contributed by atoms with Gasteiger partial charge in [-0.1, -0.05) is 18.2 Å². The Hall–Kier alpha value is -3.14. The zero-order chi connectivity index (χ0) is 21.1. The Morgan fingerprint density at radius 1 is 0.900 bits per heavy atom. The van der Waals surface area contributed by atoms with Crippen molar-refractivity contribution in [3.63, 3.8) is 0 Å². The second-order valence-corrected chi connectivity index (χ2v) is 9.54. The molecule has 30 heavy (non-hydrogen) atoms. The van der Waals surface area contributed by atoms with E-state index in [1.54, 1.807) is 0 Å². The number of hydrogen-bond donors (Lipinski definition) is 1. The van der Waals surface area contributed by atoms with Gasteiger partial charge in [-0.3, -0.25) is 9.98 Å². The van der Waals surface area contributed by atoms with Gasteiger partial charge in [0.05, 0.1) is 11.3 Å². The summed E-state index contributed by atoms with van der Waals surface area (Å²) in [5, 5.41) is 10.7. The fraction of sp³-hybridized carbons (Fsp3) is 0.308. The molecule has 0 saturated heterocycles. The van der Waals surface area contributed by atoms with Crippen LogP contribution in [-0.4, -0.2) is 26.9 Å². The highest BCUT2D eigenvalue weighted by Crippen LogP contribution is 2.47. The summed E-state index contributed by atoms with van der Waals surface area (Å²) < 4.78 is 6.11. The van der Waals surface area contributed by atoms with E-state index < -0.39 is 0 Å². The van der Waals surface area contributed by atoms with Crippen molar-refractivity contribution in [3.8, 4) is 22.6 Å². The van der Waals surface area contributed by atoms with E-state index in [-0.39, 0.29) is 16.9 Å². The van der Waals surface area contributed by atoms with Gasteiger partial charge in [-0.2, -0.15) is 0 Å². The fourth-order valence-corrected chi connectivity index (χ4v) is 4.68. The molecular weight excluding hydrogens is 372 g/mol. The van der Waals surface area contributed by atoms with Crippen molar-refractivity contribution < 1.29 is 9.84 Å².